The van der Waals surface area contributed by atoms with Gasteiger partial charge in [-0.25, -0.2) is 0 Å². The van der Waals surface area contributed by atoms with Crippen molar-refractivity contribution < 1.29 is 14.4 Å². The first kappa shape index (κ1) is 21.1. The number of carbonyl (C=O) groups is 3. The summed E-state index contributed by atoms with van der Waals surface area (Å²) in [5.74, 6) is -1.17. The Bertz CT molecular complexity index is 1390. The maximum absolute atomic E-state index is 14.3. The van der Waals surface area contributed by atoms with Crippen LogP contribution >= 0.6 is 11.6 Å². The van der Waals surface area contributed by atoms with Crippen LogP contribution in [0.2, 0.25) is 5.02 Å². The van der Waals surface area contributed by atoms with Gasteiger partial charge in [0.1, 0.15) is 5.41 Å². The number of rotatable bonds is 2. The average Bonchev–Trinajstić information content (AvgIpc) is 3.27. The van der Waals surface area contributed by atoms with Crippen LogP contribution in [0.15, 0.2) is 72.8 Å². The number of hydrogen-bond donors (Lipinski definition) is 0. The fourth-order valence-corrected chi connectivity index (χ4v) is 6.39. The van der Waals surface area contributed by atoms with E-state index in [1.807, 2.05) is 54.3 Å². The molecule has 0 radical (unpaired) electrons. The van der Waals surface area contributed by atoms with E-state index in [9.17, 15) is 14.4 Å². The second kappa shape index (κ2) is 7.25. The van der Waals surface area contributed by atoms with E-state index >= 15 is 0 Å². The zero-order chi connectivity index (χ0) is 23.8. The summed E-state index contributed by atoms with van der Waals surface area (Å²) in [6, 6.07) is 19.0. The van der Waals surface area contributed by atoms with Crippen LogP contribution in [-0.4, -0.2) is 29.4 Å². The van der Waals surface area contributed by atoms with Crippen molar-refractivity contribution in [2.75, 3.05) is 4.90 Å². The van der Waals surface area contributed by atoms with Crippen LogP contribution in [0.4, 0.5) is 5.69 Å². The van der Waals surface area contributed by atoms with E-state index in [4.69, 9.17) is 11.6 Å². The molecule has 3 atom stereocenters. The van der Waals surface area contributed by atoms with Gasteiger partial charge in [0.25, 0.3) is 0 Å². The number of halogens is 1. The highest BCUT2D eigenvalue weighted by molar-refractivity contribution is 6.32. The number of ketones is 3. The summed E-state index contributed by atoms with van der Waals surface area (Å²) < 4.78 is 0. The maximum Gasteiger partial charge on any atom is 0.180 e. The van der Waals surface area contributed by atoms with Gasteiger partial charge in [0, 0.05) is 27.8 Å². The topological polar surface area (TPSA) is 54.5 Å². The minimum atomic E-state index is -1.44. The molecule has 3 aromatic carbocycles. The van der Waals surface area contributed by atoms with E-state index in [1.165, 1.54) is 0 Å². The van der Waals surface area contributed by atoms with E-state index < -0.39 is 23.4 Å². The lowest BCUT2D eigenvalue weighted by Gasteiger charge is -2.37. The summed E-state index contributed by atoms with van der Waals surface area (Å²) >= 11 is 6.18. The third-order valence-electron chi connectivity index (χ3n) is 7.61. The number of Topliss-reactive ketones (excluding diaryl/α,β-unsaturated/α-hetero) is 3. The maximum atomic E-state index is 14.3. The Morgan fingerprint density at radius 2 is 1.59 bits per heavy atom. The van der Waals surface area contributed by atoms with Gasteiger partial charge in [-0.1, -0.05) is 72.3 Å². The van der Waals surface area contributed by atoms with Crippen LogP contribution in [0.5, 0.6) is 0 Å². The molecule has 0 aromatic heterocycles. The zero-order valence-corrected chi connectivity index (χ0v) is 19.5. The normalized spacial score (nSPS) is 23.7. The average molecular weight is 468 g/mol. The molecule has 1 spiro atoms. The molecule has 0 amide bonds. The molecule has 1 aliphatic carbocycles. The van der Waals surface area contributed by atoms with Gasteiger partial charge >= 0.3 is 0 Å². The van der Waals surface area contributed by atoms with E-state index in [0.717, 1.165) is 22.4 Å². The number of fused-ring (bicyclic) bond motifs is 5. The van der Waals surface area contributed by atoms with Crippen molar-refractivity contribution in [3.05, 3.63) is 106 Å². The van der Waals surface area contributed by atoms with Gasteiger partial charge in [-0.2, -0.15) is 0 Å². The molecule has 0 unspecified atom stereocenters. The Balaban J connectivity index is 1.69. The molecular formula is C29H22ClNO3. The number of aryl methyl sites for hydroxylation is 1. The molecule has 3 aliphatic rings. The highest BCUT2D eigenvalue weighted by atomic mass is 35.5. The Morgan fingerprint density at radius 1 is 0.941 bits per heavy atom. The van der Waals surface area contributed by atoms with Crippen LogP contribution in [0, 0.1) is 12.3 Å². The van der Waals surface area contributed by atoms with Gasteiger partial charge < -0.3 is 4.90 Å². The van der Waals surface area contributed by atoms with Gasteiger partial charge in [0.05, 0.1) is 12.1 Å². The van der Waals surface area contributed by atoms with Crippen molar-refractivity contribution in [1.82, 2.24) is 0 Å². The largest absolute Gasteiger partial charge is 0.352 e. The fourth-order valence-electron chi connectivity index (χ4n) is 6.27. The van der Waals surface area contributed by atoms with E-state index in [2.05, 4.69) is 0 Å². The SMILES string of the molecule is CC(=O)[C@H]1[C@@H](c2ccc(Cl)cc2)C2(C(=O)c3ccccc3C2=O)[C@H]2C=Cc3ccc(C)cc3N12. The predicted molar refractivity (Wildman–Crippen MR) is 133 cm³/mol. The quantitative estimate of drug-likeness (QED) is 0.455. The van der Waals surface area contributed by atoms with Crippen LogP contribution in [-0.2, 0) is 4.79 Å². The second-order valence-electron chi connectivity index (χ2n) is 9.43. The first-order chi connectivity index (χ1) is 16.4. The predicted octanol–water partition coefficient (Wildman–Crippen LogP) is 5.67. The minimum Gasteiger partial charge on any atom is -0.352 e. The van der Waals surface area contributed by atoms with Gasteiger partial charge in [0.15, 0.2) is 17.3 Å². The third kappa shape index (κ3) is 2.57. The summed E-state index contributed by atoms with van der Waals surface area (Å²) in [5.41, 5.74) is 3.07. The lowest BCUT2D eigenvalue weighted by atomic mass is 9.64. The van der Waals surface area contributed by atoms with Crippen LogP contribution in [0.25, 0.3) is 6.08 Å². The van der Waals surface area contributed by atoms with Crippen molar-refractivity contribution in [2.45, 2.75) is 31.8 Å². The van der Waals surface area contributed by atoms with Crippen molar-refractivity contribution in [1.29, 1.82) is 0 Å². The zero-order valence-electron chi connectivity index (χ0n) is 18.8. The molecule has 168 valence electrons. The van der Waals surface area contributed by atoms with Crippen LogP contribution in [0.1, 0.15) is 50.2 Å². The second-order valence-corrected chi connectivity index (χ2v) is 9.87. The number of benzene rings is 3. The van der Waals surface area contributed by atoms with Crippen LogP contribution < -0.4 is 4.90 Å². The van der Waals surface area contributed by atoms with Crippen LogP contribution in [0.3, 0.4) is 0 Å². The minimum absolute atomic E-state index is 0.0823. The monoisotopic (exact) mass is 467 g/mol. The standard InChI is InChI=1S/C29H22ClNO3/c1-16-7-8-18-11-14-24-29(27(33)21-5-3-4-6-22(21)28(29)34)25(19-9-12-20(30)13-10-19)26(17(2)32)31(24)23(18)15-16/h3-15,24-26H,1-2H3/t24-,25-,26+/m1/s1. The fraction of sp³-hybridized carbons (Fsp3) is 0.207. The van der Waals surface area contributed by atoms with Crippen molar-refractivity contribution in [2.24, 2.45) is 5.41 Å². The molecular weight excluding hydrogens is 446 g/mol. The Hall–Kier alpha value is -3.50. The molecule has 6 rings (SSSR count). The van der Waals surface area contributed by atoms with E-state index in [-0.39, 0.29) is 17.3 Å². The molecule has 3 aromatic rings. The first-order valence-electron chi connectivity index (χ1n) is 11.4. The highest BCUT2D eigenvalue weighted by Gasteiger charge is 2.71. The number of carbonyl (C=O) groups excluding carboxylic acids is 3. The molecule has 1 fully saturated rings. The summed E-state index contributed by atoms with van der Waals surface area (Å²) in [6.45, 7) is 3.55. The molecule has 0 saturated carbocycles. The summed E-state index contributed by atoms with van der Waals surface area (Å²) in [7, 11) is 0. The summed E-state index contributed by atoms with van der Waals surface area (Å²) in [5, 5.41) is 0.557. The number of nitrogens with zero attached hydrogens (tertiary/aromatic N) is 1. The van der Waals surface area contributed by atoms with E-state index in [1.54, 1.807) is 43.3 Å². The molecule has 1 saturated heterocycles. The third-order valence-corrected chi connectivity index (χ3v) is 7.86. The molecule has 0 N–H and O–H groups in total. The lowest BCUT2D eigenvalue weighted by Crippen LogP contribution is -2.48. The van der Waals surface area contributed by atoms with Gasteiger partial charge in [-0.3, -0.25) is 14.4 Å². The van der Waals surface area contributed by atoms with Gasteiger partial charge in [0.2, 0.25) is 0 Å². The molecule has 0 bridgehead atoms. The summed E-state index contributed by atoms with van der Waals surface area (Å²) in [6.07, 6.45) is 3.91. The molecule has 2 aliphatic heterocycles. The number of hydrogen-bond acceptors (Lipinski definition) is 4. The van der Waals surface area contributed by atoms with Crippen molar-refractivity contribution in [3.63, 3.8) is 0 Å². The molecule has 2 heterocycles. The van der Waals surface area contributed by atoms with Gasteiger partial charge in [-0.15, -0.1) is 0 Å². The van der Waals surface area contributed by atoms with Gasteiger partial charge in [-0.05, 0) is 48.7 Å². The van der Waals surface area contributed by atoms with Crippen molar-refractivity contribution in [3.8, 4) is 0 Å². The Kier molecular flexibility index (Phi) is 4.49. The Labute approximate surface area is 202 Å². The number of anilines is 1. The smallest absolute Gasteiger partial charge is 0.180 e. The molecule has 5 heteroatoms. The van der Waals surface area contributed by atoms with Crippen molar-refractivity contribution >= 4 is 40.7 Å². The Morgan fingerprint density at radius 3 is 2.21 bits per heavy atom. The lowest BCUT2D eigenvalue weighted by molar-refractivity contribution is -0.118. The van der Waals surface area contributed by atoms with E-state index in [0.29, 0.717) is 16.1 Å². The summed E-state index contributed by atoms with van der Waals surface area (Å²) in [4.78, 5) is 43.9. The first-order valence-corrected chi connectivity index (χ1v) is 11.7. The highest BCUT2D eigenvalue weighted by Crippen LogP contribution is 2.60. The molecule has 4 nitrogen and oxygen atoms in total. The molecule has 34 heavy (non-hydrogen) atoms.